The first-order chi connectivity index (χ1) is 10.3. The number of allylic oxidation sites excluding steroid dienone is 2. The predicted molar refractivity (Wildman–Crippen MR) is 89.6 cm³/mol. The lowest BCUT2D eigenvalue weighted by Crippen LogP contribution is -2.54. The zero-order valence-electron chi connectivity index (χ0n) is 14.7. The van der Waals surface area contributed by atoms with Crippen LogP contribution in [0.3, 0.4) is 0 Å². The van der Waals surface area contributed by atoms with Crippen LogP contribution in [0.4, 0.5) is 0 Å². The van der Waals surface area contributed by atoms with Crippen molar-refractivity contribution >= 4 is 5.97 Å². The lowest BCUT2D eigenvalue weighted by Gasteiger charge is -2.59. The Morgan fingerprint density at radius 3 is 2.59 bits per heavy atom. The number of carbonyl (C=O) groups is 1. The summed E-state index contributed by atoms with van der Waals surface area (Å²) in [6.45, 7) is 9.12. The summed E-state index contributed by atoms with van der Waals surface area (Å²) in [5.41, 5.74) is 1.72. The van der Waals surface area contributed by atoms with Gasteiger partial charge in [0.15, 0.2) is 0 Å². The van der Waals surface area contributed by atoms with Crippen molar-refractivity contribution in [2.75, 3.05) is 0 Å². The molecule has 3 rings (SSSR count). The number of carboxylic acid groups (broad SMARTS) is 1. The van der Waals surface area contributed by atoms with Crippen LogP contribution in [0, 0.1) is 28.1 Å². The molecule has 0 aromatic rings. The van der Waals surface area contributed by atoms with Gasteiger partial charge in [0, 0.05) is 0 Å². The molecule has 2 heteroatoms. The minimum absolute atomic E-state index is 0.199. The van der Waals surface area contributed by atoms with Gasteiger partial charge in [0.05, 0.1) is 5.41 Å². The van der Waals surface area contributed by atoms with Crippen molar-refractivity contribution in [2.45, 2.75) is 79.1 Å². The minimum Gasteiger partial charge on any atom is -0.481 e. The predicted octanol–water partition coefficient (Wildman–Crippen LogP) is 5.43. The first kappa shape index (κ1) is 16.1. The van der Waals surface area contributed by atoms with Crippen LogP contribution < -0.4 is 0 Å². The summed E-state index contributed by atoms with van der Waals surface area (Å²) in [6, 6.07) is 0. The molecule has 2 fully saturated rings. The summed E-state index contributed by atoms with van der Waals surface area (Å²) in [5, 5.41) is 9.85. The third kappa shape index (κ3) is 2.17. The Labute approximate surface area is 135 Å². The van der Waals surface area contributed by atoms with E-state index >= 15 is 0 Å². The molecule has 0 spiro atoms. The van der Waals surface area contributed by atoms with Gasteiger partial charge in [-0.2, -0.15) is 0 Å². The normalized spacial score (nSPS) is 48.1. The van der Waals surface area contributed by atoms with Gasteiger partial charge in [-0.15, -0.1) is 0 Å². The van der Waals surface area contributed by atoms with Crippen molar-refractivity contribution < 1.29 is 9.90 Å². The number of hydrogen-bond donors (Lipinski definition) is 1. The van der Waals surface area contributed by atoms with E-state index in [9.17, 15) is 9.90 Å². The Morgan fingerprint density at radius 2 is 1.95 bits per heavy atom. The monoisotopic (exact) mass is 304 g/mol. The zero-order chi connectivity index (χ0) is 16.2. The van der Waals surface area contributed by atoms with Crippen LogP contribution in [0.2, 0.25) is 0 Å². The Morgan fingerprint density at radius 1 is 1.23 bits per heavy atom. The summed E-state index contributed by atoms with van der Waals surface area (Å²) < 4.78 is 0. The average molecular weight is 304 g/mol. The van der Waals surface area contributed by atoms with Crippen LogP contribution >= 0.6 is 0 Å². The smallest absolute Gasteiger partial charge is 0.309 e. The molecule has 2 saturated carbocycles. The third-order valence-electron chi connectivity index (χ3n) is 7.78. The Kier molecular flexibility index (Phi) is 3.73. The first-order valence-electron chi connectivity index (χ1n) is 9.20. The van der Waals surface area contributed by atoms with Gasteiger partial charge in [0.25, 0.3) is 0 Å². The maximum Gasteiger partial charge on any atom is 0.309 e. The van der Waals surface area contributed by atoms with Gasteiger partial charge in [-0.05, 0) is 74.5 Å². The molecule has 0 aromatic carbocycles. The fourth-order valence-corrected chi connectivity index (χ4v) is 6.10. The van der Waals surface area contributed by atoms with E-state index in [4.69, 9.17) is 0 Å². The molecular formula is C20H32O2. The van der Waals surface area contributed by atoms with E-state index in [0.29, 0.717) is 17.3 Å². The molecule has 22 heavy (non-hydrogen) atoms. The number of carboxylic acids is 1. The highest BCUT2D eigenvalue weighted by molar-refractivity contribution is 5.75. The number of rotatable bonds is 2. The Balaban J connectivity index is 1.97. The van der Waals surface area contributed by atoms with Crippen molar-refractivity contribution in [1.82, 2.24) is 0 Å². The number of hydrogen-bond acceptors (Lipinski definition) is 1. The molecule has 0 amide bonds. The fraction of sp³-hybridized carbons (Fsp3) is 0.850. The summed E-state index contributed by atoms with van der Waals surface area (Å²) in [4.78, 5) is 12.0. The molecule has 0 aromatic heterocycles. The van der Waals surface area contributed by atoms with Crippen LogP contribution in [0.25, 0.3) is 0 Å². The van der Waals surface area contributed by atoms with Gasteiger partial charge in [-0.1, -0.05) is 38.8 Å². The fourth-order valence-electron chi connectivity index (χ4n) is 6.10. The summed E-state index contributed by atoms with van der Waals surface area (Å²) in [5.74, 6) is 0.411. The SMILES string of the molecule is CC[C@@]1(C)C=C2CC[C@@H]3[C@](C)(CCC[C@@]3(C)C(=O)O)[C@H]2CC1. The molecular weight excluding hydrogens is 272 g/mol. The van der Waals surface area contributed by atoms with Gasteiger partial charge in [-0.3, -0.25) is 4.79 Å². The second-order valence-corrected chi connectivity index (χ2v) is 8.99. The van der Waals surface area contributed by atoms with E-state index in [1.807, 2.05) is 6.92 Å². The molecule has 0 radical (unpaired) electrons. The molecule has 3 aliphatic rings. The van der Waals surface area contributed by atoms with Crippen molar-refractivity contribution in [3.05, 3.63) is 11.6 Å². The van der Waals surface area contributed by atoms with Crippen molar-refractivity contribution in [2.24, 2.45) is 28.1 Å². The van der Waals surface area contributed by atoms with Crippen molar-refractivity contribution in [3.63, 3.8) is 0 Å². The second kappa shape index (κ2) is 5.11. The molecule has 0 aliphatic heterocycles. The van der Waals surface area contributed by atoms with E-state index in [-0.39, 0.29) is 5.41 Å². The number of fused-ring (bicyclic) bond motifs is 3. The van der Waals surface area contributed by atoms with Crippen LogP contribution in [-0.2, 0) is 4.79 Å². The van der Waals surface area contributed by atoms with Gasteiger partial charge in [0.2, 0.25) is 0 Å². The highest BCUT2D eigenvalue weighted by Gasteiger charge is 2.58. The van der Waals surface area contributed by atoms with E-state index < -0.39 is 11.4 Å². The van der Waals surface area contributed by atoms with Crippen molar-refractivity contribution in [3.8, 4) is 0 Å². The van der Waals surface area contributed by atoms with Gasteiger partial charge >= 0.3 is 5.97 Å². The van der Waals surface area contributed by atoms with Crippen LogP contribution in [0.15, 0.2) is 11.6 Å². The third-order valence-corrected chi connectivity index (χ3v) is 7.78. The van der Waals surface area contributed by atoms with Crippen LogP contribution in [-0.4, -0.2) is 11.1 Å². The molecule has 5 atom stereocenters. The maximum absolute atomic E-state index is 12.0. The maximum atomic E-state index is 12.0. The van der Waals surface area contributed by atoms with Crippen LogP contribution in [0.5, 0.6) is 0 Å². The lowest BCUT2D eigenvalue weighted by atomic mass is 9.45. The van der Waals surface area contributed by atoms with Gasteiger partial charge < -0.3 is 5.11 Å². The van der Waals surface area contributed by atoms with E-state index in [0.717, 1.165) is 25.7 Å². The Bertz CT molecular complexity index is 508. The van der Waals surface area contributed by atoms with Gasteiger partial charge in [-0.25, -0.2) is 0 Å². The minimum atomic E-state index is -0.565. The Hall–Kier alpha value is -0.790. The summed E-state index contributed by atoms with van der Waals surface area (Å²) >= 11 is 0. The molecule has 3 aliphatic carbocycles. The average Bonchev–Trinajstić information content (AvgIpc) is 2.46. The van der Waals surface area contributed by atoms with Gasteiger partial charge in [0.1, 0.15) is 0 Å². The van der Waals surface area contributed by atoms with Crippen molar-refractivity contribution in [1.29, 1.82) is 0 Å². The lowest BCUT2D eigenvalue weighted by molar-refractivity contribution is -0.164. The molecule has 0 heterocycles. The summed E-state index contributed by atoms with van der Waals surface area (Å²) in [6.07, 6.45) is 11.7. The highest BCUT2D eigenvalue weighted by Crippen LogP contribution is 2.64. The standard InChI is InChI=1S/C20H32O2/c1-5-18(2)12-9-15-14(13-18)7-8-16-19(15,3)10-6-11-20(16,4)17(21)22/h13,15-16H,5-12H2,1-4H3,(H,21,22)/t15-,16+,18+,19+,20+/m0/s1. The van der Waals surface area contributed by atoms with Crippen LogP contribution in [0.1, 0.15) is 79.1 Å². The zero-order valence-corrected chi connectivity index (χ0v) is 14.7. The first-order valence-corrected chi connectivity index (χ1v) is 9.20. The molecule has 124 valence electrons. The quantitative estimate of drug-likeness (QED) is 0.691. The molecule has 0 unspecified atom stereocenters. The largest absolute Gasteiger partial charge is 0.481 e. The topological polar surface area (TPSA) is 37.3 Å². The molecule has 1 N–H and O–H groups in total. The molecule has 2 nitrogen and oxygen atoms in total. The highest BCUT2D eigenvalue weighted by atomic mass is 16.4. The van der Waals surface area contributed by atoms with E-state index in [1.165, 1.54) is 25.7 Å². The second-order valence-electron chi connectivity index (χ2n) is 8.99. The molecule has 0 saturated heterocycles. The number of aliphatic carboxylic acids is 1. The van der Waals surface area contributed by atoms with E-state index in [1.54, 1.807) is 5.57 Å². The molecule has 0 bridgehead atoms. The summed E-state index contributed by atoms with van der Waals surface area (Å²) in [7, 11) is 0. The van der Waals surface area contributed by atoms with E-state index in [2.05, 4.69) is 26.8 Å².